The molecule has 1 aliphatic carbocycles. The minimum atomic E-state index is -0.210. The van der Waals surface area contributed by atoms with Crippen LogP contribution in [0.25, 0.3) is 0 Å². The van der Waals surface area contributed by atoms with Crippen LogP contribution in [-0.4, -0.2) is 29.1 Å². The molecule has 1 saturated carbocycles. The number of fused-ring (bicyclic) bond motifs is 1. The summed E-state index contributed by atoms with van der Waals surface area (Å²) in [6.07, 6.45) is 1.67. The van der Waals surface area contributed by atoms with E-state index in [0.717, 1.165) is 18.7 Å². The zero-order valence-corrected chi connectivity index (χ0v) is 12.8. The van der Waals surface area contributed by atoms with Gasteiger partial charge in [0, 0.05) is 30.1 Å². The van der Waals surface area contributed by atoms with Gasteiger partial charge in [0.15, 0.2) is 5.13 Å². The highest BCUT2D eigenvalue weighted by Gasteiger charge is 2.58. The van der Waals surface area contributed by atoms with Crippen LogP contribution in [0.5, 0.6) is 0 Å². The van der Waals surface area contributed by atoms with Crippen molar-refractivity contribution in [2.24, 2.45) is 11.8 Å². The molecule has 1 aromatic heterocycles. The van der Waals surface area contributed by atoms with E-state index in [1.165, 1.54) is 4.88 Å². The Hall–Kier alpha value is -2.08. The van der Waals surface area contributed by atoms with E-state index in [0.29, 0.717) is 29.5 Å². The molecule has 1 amide bonds. The lowest BCUT2D eigenvalue weighted by Gasteiger charge is -2.19. The number of hydrogen-bond acceptors (Lipinski definition) is 5. The molecule has 2 aliphatic rings. The smallest absolute Gasteiger partial charge is 0.410 e. The molecule has 2 heterocycles. The minimum Gasteiger partial charge on any atom is -0.445 e. The van der Waals surface area contributed by atoms with E-state index in [1.807, 2.05) is 41.4 Å². The summed E-state index contributed by atoms with van der Waals surface area (Å²) in [4.78, 5) is 19.3. The number of rotatable bonds is 3. The summed E-state index contributed by atoms with van der Waals surface area (Å²) >= 11 is 1.56. The van der Waals surface area contributed by atoms with Crippen LogP contribution < -0.4 is 5.73 Å². The summed E-state index contributed by atoms with van der Waals surface area (Å²) in [5.74, 6) is 1.63. The molecular weight excluding hydrogens is 298 g/mol. The van der Waals surface area contributed by atoms with Gasteiger partial charge in [-0.1, -0.05) is 30.3 Å². The highest BCUT2D eigenvalue weighted by Crippen LogP contribution is 2.59. The predicted molar refractivity (Wildman–Crippen MR) is 84.4 cm³/mol. The molecule has 0 radical (unpaired) electrons. The lowest BCUT2D eigenvalue weighted by molar-refractivity contribution is 0.0998. The first-order chi connectivity index (χ1) is 10.7. The van der Waals surface area contributed by atoms with Crippen molar-refractivity contribution in [3.63, 3.8) is 0 Å². The molecule has 1 unspecified atom stereocenters. The summed E-state index contributed by atoms with van der Waals surface area (Å²) in [7, 11) is 0. The lowest BCUT2D eigenvalue weighted by atomic mass is 10.2. The number of benzene rings is 1. The number of anilines is 1. The van der Waals surface area contributed by atoms with Gasteiger partial charge in [-0.2, -0.15) is 0 Å². The van der Waals surface area contributed by atoms with Crippen LogP contribution >= 0.6 is 11.3 Å². The Morgan fingerprint density at radius 1 is 1.32 bits per heavy atom. The van der Waals surface area contributed by atoms with E-state index in [-0.39, 0.29) is 6.09 Å². The molecule has 6 heteroatoms. The number of ether oxygens (including phenoxy) is 1. The maximum atomic E-state index is 12.1. The van der Waals surface area contributed by atoms with Crippen LogP contribution in [0, 0.1) is 11.8 Å². The van der Waals surface area contributed by atoms with E-state index in [2.05, 4.69) is 4.98 Å². The Kier molecular flexibility index (Phi) is 3.26. The van der Waals surface area contributed by atoms with E-state index < -0.39 is 0 Å². The summed E-state index contributed by atoms with van der Waals surface area (Å²) < 4.78 is 5.38. The Morgan fingerprint density at radius 2 is 2.05 bits per heavy atom. The Balaban J connectivity index is 1.29. The first-order valence-corrected chi connectivity index (χ1v) is 8.21. The molecule has 0 spiro atoms. The molecule has 114 valence electrons. The molecule has 2 aromatic rings. The first kappa shape index (κ1) is 13.6. The van der Waals surface area contributed by atoms with Crippen molar-refractivity contribution in [1.29, 1.82) is 0 Å². The van der Waals surface area contributed by atoms with Gasteiger partial charge in [-0.3, -0.25) is 0 Å². The number of thiazole rings is 1. The third kappa shape index (κ3) is 2.43. The number of likely N-dealkylation sites (tertiary alicyclic amines) is 1. The molecule has 2 N–H and O–H groups in total. The molecule has 1 aliphatic heterocycles. The van der Waals surface area contributed by atoms with Gasteiger partial charge in [0.2, 0.25) is 0 Å². The highest BCUT2D eigenvalue weighted by molar-refractivity contribution is 7.15. The van der Waals surface area contributed by atoms with E-state index in [9.17, 15) is 4.79 Å². The van der Waals surface area contributed by atoms with Crippen LogP contribution in [0.2, 0.25) is 0 Å². The zero-order valence-electron chi connectivity index (χ0n) is 12.0. The monoisotopic (exact) mass is 315 g/mol. The van der Waals surface area contributed by atoms with Crippen LogP contribution in [-0.2, 0) is 11.3 Å². The normalized spacial score (nSPS) is 25.8. The highest BCUT2D eigenvalue weighted by atomic mass is 32.1. The summed E-state index contributed by atoms with van der Waals surface area (Å²) in [5.41, 5.74) is 6.70. The maximum absolute atomic E-state index is 12.1. The van der Waals surface area contributed by atoms with Crippen molar-refractivity contribution in [2.45, 2.75) is 12.5 Å². The second kappa shape index (κ2) is 5.28. The van der Waals surface area contributed by atoms with Gasteiger partial charge >= 0.3 is 6.09 Å². The number of carbonyl (C=O) groups excluding carboxylic acids is 1. The third-order valence-electron chi connectivity index (χ3n) is 4.53. The maximum Gasteiger partial charge on any atom is 0.410 e. The van der Waals surface area contributed by atoms with Gasteiger partial charge in [-0.25, -0.2) is 9.78 Å². The standard InChI is InChI=1S/C16H17N3O2S/c17-15-18-6-13(22-15)14-11-7-19(8-12(11)14)16(20)21-9-10-4-2-1-3-5-10/h1-6,11-12,14H,7-9H2,(H2,17,18)/t11-,12+,14?. The molecule has 4 rings (SSSR count). The van der Waals surface area contributed by atoms with Gasteiger partial charge in [0.05, 0.1) is 0 Å². The molecule has 3 atom stereocenters. The number of nitrogens with zero attached hydrogens (tertiary/aromatic N) is 2. The predicted octanol–water partition coefficient (Wildman–Crippen LogP) is 2.71. The Bertz CT molecular complexity index is 676. The fourth-order valence-electron chi connectivity index (χ4n) is 3.36. The number of nitrogen functional groups attached to an aromatic ring is 1. The molecule has 5 nitrogen and oxygen atoms in total. The van der Waals surface area contributed by atoms with E-state index in [4.69, 9.17) is 10.5 Å². The van der Waals surface area contributed by atoms with E-state index >= 15 is 0 Å². The van der Waals surface area contributed by atoms with Crippen molar-refractivity contribution < 1.29 is 9.53 Å². The average Bonchev–Trinajstić information content (AvgIpc) is 2.91. The van der Waals surface area contributed by atoms with E-state index in [1.54, 1.807) is 11.3 Å². The van der Waals surface area contributed by atoms with Crippen molar-refractivity contribution in [1.82, 2.24) is 9.88 Å². The third-order valence-corrected chi connectivity index (χ3v) is 5.46. The minimum absolute atomic E-state index is 0.210. The lowest BCUT2D eigenvalue weighted by Crippen LogP contribution is -2.31. The van der Waals surface area contributed by atoms with Crippen molar-refractivity contribution in [2.75, 3.05) is 18.8 Å². The molecule has 1 saturated heterocycles. The number of piperidine rings is 1. The van der Waals surface area contributed by atoms with Gasteiger partial charge in [-0.15, -0.1) is 11.3 Å². The molecule has 22 heavy (non-hydrogen) atoms. The van der Waals surface area contributed by atoms with Crippen LogP contribution in [0.4, 0.5) is 9.93 Å². The Morgan fingerprint density at radius 3 is 2.68 bits per heavy atom. The molecule has 0 bridgehead atoms. The van der Waals surface area contributed by atoms with Gasteiger partial charge in [-0.05, 0) is 17.4 Å². The summed E-state index contributed by atoms with van der Waals surface area (Å²) in [6.45, 7) is 1.89. The first-order valence-electron chi connectivity index (χ1n) is 7.39. The Labute approximate surface area is 132 Å². The van der Waals surface area contributed by atoms with Crippen molar-refractivity contribution in [3.8, 4) is 0 Å². The SMILES string of the molecule is Nc1ncc(C2[C@H]3CN(C(=O)OCc4ccccc4)C[C@@H]23)s1. The van der Waals surface area contributed by atoms with Crippen LogP contribution in [0.1, 0.15) is 16.4 Å². The van der Waals surface area contributed by atoms with Gasteiger partial charge in [0.1, 0.15) is 6.61 Å². The van der Waals surface area contributed by atoms with Gasteiger partial charge in [0.25, 0.3) is 0 Å². The van der Waals surface area contributed by atoms with Crippen molar-refractivity contribution >= 4 is 22.6 Å². The quantitative estimate of drug-likeness (QED) is 0.945. The van der Waals surface area contributed by atoms with Crippen molar-refractivity contribution in [3.05, 3.63) is 47.0 Å². The fraction of sp³-hybridized carbons (Fsp3) is 0.375. The number of nitrogens with two attached hydrogens (primary N) is 1. The molecule has 2 fully saturated rings. The number of hydrogen-bond donors (Lipinski definition) is 1. The fourth-order valence-corrected chi connectivity index (χ4v) is 4.30. The summed E-state index contributed by atoms with van der Waals surface area (Å²) in [5, 5.41) is 0.624. The largest absolute Gasteiger partial charge is 0.445 e. The zero-order chi connectivity index (χ0) is 15.1. The number of carbonyl (C=O) groups is 1. The molecular formula is C16H17N3O2S. The van der Waals surface area contributed by atoms with Gasteiger partial charge < -0.3 is 15.4 Å². The number of amides is 1. The second-order valence-electron chi connectivity index (χ2n) is 5.90. The summed E-state index contributed by atoms with van der Waals surface area (Å²) in [6, 6.07) is 9.75. The second-order valence-corrected chi connectivity index (χ2v) is 6.99. The molecule has 1 aromatic carbocycles. The van der Waals surface area contributed by atoms with Crippen LogP contribution in [0.15, 0.2) is 36.5 Å². The average molecular weight is 315 g/mol. The van der Waals surface area contributed by atoms with Crippen LogP contribution in [0.3, 0.4) is 0 Å². The topological polar surface area (TPSA) is 68.5 Å². The number of aromatic nitrogens is 1.